The maximum Gasteiger partial charge on any atom is 0.308 e. The molecule has 0 aliphatic heterocycles. The van der Waals surface area contributed by atoms with Gasteiger partial charge in [0.15, 0.2) is 0 Å². The highest BCUT2D eigenvalue weighted by molar-refractivity contribution is 5.73. The topological polar surface area (TPSA) is 52.6 Å². The quantitative estimate of drug-likeness (QED) is 0.630. The number of esters is 2. The van der Waals surface area contributed by atoms with Crippen LogP contribution in [0.1, 0.15) is 73.1 Å². The molecule has 0 amide bonds. The van der Waals surface area contributed by atoms with E-state index in [1.54, 1.807) is 0 Å². The zero-order chi connectivity index (χ0) is 19.3. The normalized spacial score (nSPS) is 36.2. The van der Waals surface area contributed by atoms with Crippen LogP contribution in [0.3, 0.4) is 0 Å². The number of ether oxygens (including phenoxy) is 2. The van der Waals surface area contributed by atoms with Crippen LogP contribution in [0, 0.1) is 41.4 Å². The first-order valence-corrected chi connectivity index (χ1v) is 10.6. The van der Waals surface area contributed by atoms with Gasteiger partial charge in [-0.2, -0.15) is 0 Å². The molecule has 0 radical (unpaired) electrons. The Hall–Kier alpha value is -1.06. The maximum absolute atomic E-state index is 12.3. The Morgan fingerprint density at radius 1 is 0.692 bits per heavy atom. The lowest BCUT2D eigenvalue weighted by Crippen LogP contribution is -2.30. The summed E-state index contributed by atoms with van der Waals surface area (Å²) < 4.78 is 11.0. The molecule has 4 nitrogen and oxygen atoms in total. The van der Waals surface area contributed by atoms with Crippen molar-refractivity contribution in [2.45, 2.75) is 73.1 Å². The van der Waals surface area contributed by atoms with Gasteiger partial charge in [0, 0.05) is 5.92 Å². The predicted molar refractivity (Wildman–Crippen MR) is 102 cm³/mol. The Kier molecular flexibility index (Phi) is 7.97. The summed E-state index contributed by atoms with van der Waals surface area (Å²) in [5.74, 6) is 2.34. The molecule has 2 fully saturated rings. The van der Waals surface area contributed by atoms with Crippen LogP contribution < -0.4 is 0 Å². The molecule has 4 heteroatoms. The largest absolute Gasteiger partial charge is 0.465 e. The van der Waals surface area contributed by atoms with E-state index >= 15 is 0 Å². The lowest BCUT2D eigenvalue weighted by molar-refractivity contribution is -0.156. The molecule has 4 atom stereocenters. The lowest BCUT2D eigenvalue weighted by atomic mass is 9.77. The summed E-state index contributed by atoms with van der Waals surface area (Å²) in [5.41, 5.74) is 0. The average molecular weight is 367 g/mol. The Bertz CT molecular complexity index is 413. The van der Waals surface area contributed by atoms with Gasteiger partial charge in [-0.15, -0.1) is 0 Å². The van der Waals surface area contributed by atoms with Gasteiger partial charge < -0.3 is 9.47 Å². The number of carbonyl (C=O) groups is 2. The minimum Gasteiger partial charge on any atom is -0.465 e. The molecule has 0 spiro atoms. The number of hydrogen-bond donors (Lipinski definition) is 0. The molecule has 4 unspecified atom stereocenters. The van der Waals surface area contributed by atoms with E-state index in [-0.39, 0.29) is 29.7 Å². The standard InChI is InChI=1S/C22H38O4/c1-14-6-15(2)9-19(8-14)21(23)25-12-18(5)13-26-22(24)20-10-16(3)7-17(4)11-20/h14-20H,6-13H2,1-5H3. The molecule has 0 heterocycles. The van der Waals surface area contributed by atoms with Crippen molar-refractivity contribution in [1.82, 2.24) is 0 Å². The first-order valence-electron chi connectivity index (χ1n) is 10.6. The SMILES string of the molecule is CC(COC(=O)C1CC(C)CC(C)C1)COC(=O)C1CC(C)CC(C)C1. The van der Waals surface area contributed by atoms with Gasteiger partial charge in [0.2, 0.25) is 0 Å². The van der Waals surface area contributed by atoms with Gasteiger partial charge in [0.25, 0.3) is 0 Å². The predicted octanol–water partition coefficient (Wildman–Crippen LogP) is 4.85. The molecule has 0 saturated heterocycles. The second kappa shape index (κ2) is 9.75. The smallest absolute Gasteiger partial charge is 0.308 e. The Balaban J connectivity index is 1.67. The molecule has 0 bridgehead atoms. The van der Waals surface area contributed by atoms with Gasteiger partial charge in [0.1, 0.15) is 0 Å². The monoisotopic (exact) mass is 366 g/mol. The van der Waals surface area contributed by atoms with Gasteiger partial charge in [-0.05, 0) is 62.2 Å². The van der Waals surface area contributed by atoms with Crippen LogP contribution in [-0.2, 0) is 19.1 Å². The second-order valence-corrected chi connectivity index (χ2v) is 9.59. The van der Waals surface area contributed by atoms with E-state index in [9.17, 15) is 9.59 Å². The van der Waals surface area contributed by atoms with Crippen LogP contribution in [0.15, 0.2) is 0 Å². The molecular formula is C22H38O4. The van der Waals surface area contributed by atoms with Crippen molar-refractivity contribution in [2.24, 2.45) is 41.4 Å². The summed E-state index contributed by atoms with van der Waals surface area (Å²) in [7, 11) is 0. The highest BCUT2D eigenvalue weighted by Gasteiger charge is 2.31. The van der Waals surface area contributed by atoms with Crippen molar-refractivity contribution in [3.8, 4) is 0 Å². The van der Waals surface area contributed by atoms with Gasteiger partial charge in [-0.3, -0.25) is 9.59 Å². The van der Waals surface area contributed by atoms with Crippen molar-refractivity contribution in [1.29, 1.82) is 0 Å². The lowest BCUT2D eigenvalue weighted by Gasteiger charge is -2.30. The maximum atomic E-state index is 12.3. The van der Waals surface area contributed by atoms with Crippen LogP contribution >= 0.6 is 0 Å². The van der Waals surface area contributed by atoms with E-state index in [0.29, 0.717) is 36.9 Å². The van der Waals surface area contributed by atoms with Gasteiger partial charge >= 0.3 is 11.9 Å². The Labute approximate surface area is 159 Å². The Morgan fingerprint density at radius 3 is 1.31 bits per heavy atom. The van der Waals surface area contributed by atoms with Crippen molar-refractivity contribution >= 4 is 11.9 Å². The second-order valence-electron chi connectivity index (χ2n) is 9.59. The molecule has 0 N–H and O–H groups in total. The van der Waals surface area contributed by atoms with Crippen LogP contribution in [0.2, 0.25) is 0 Å². The highest BCUT2D eigenvalue weighted by atomic mass is 16.5. The van der Waals surface area contributed by atoms with Gasteiger partial charge in [-0.25, -0.2) is 0 Å². The highest BCUT2D eigenvalue weighted by Crippen LogP contribution is 2.34. The van der Waals surface area contributed by atoms with Crippen LogP contribution in [0.4, 0.5) is 0 Å². The van der Waals surface area contributed by atoms with E-state index in [4.69, 9.17) is 9.47 Å². The molecule has 0 aromatic rings. The first kappa shape index (κ1) is 21.2. The molecule has 0 aromatic carbocycles. The average Bonchev–Trinajstić information content (AvgIpc) is 2.55. The Morgan fingerprint density at radius 2 is 1.00 bits per heavy atom. The fourth-order valence-corrected chi connectivity index (χ4v) is 5.01. The number of hydrogen-bond acceptors (Lipinski definition) is 4. The number of rotatable bonds is 6. The van der Waals surface area contributed by atoms with E-state index in [0.717, 1.165) is 25.7 Å². The van der Waals surface area contributed by atoms with E-state index in [1.807, 2.05) is 6.92 Å². The minimum absolute atomic E-state index is 0.0358. The summed E-state index contributed by atoms with van der Waals surface area (Å²) in [6.07, 6.45) is 6.15. The van der Waals surface area contributed by atoms with E-state index < -0.39 is 0 Å². The van der Waals surface area contributed by atoms with Crippen molar-refractivity contribution < 1.29 is 19.1 Å². The van der Waals surface area contributed by atoms with Gasteiger partial charge in [-0.1, -0.05) is 34.6 Å². The molecule has 2 aliphatic rings. The zero-order valence-corrected chi connectivity index (χ0v) is 17.3. The molecule has 150 valence electrons. The molecule has 26 heavy (non-hydrogen) atoms. The third kappa shape index (κ3) is 6.59. The summed E-state index contributed by atoms with van der Waals surface area (Å²) in [5, 5.41) is 0. The van der Waals surface area contributed by atoms with Crippen molar-refractivity contribution in [3.05, 3.63) is 0 Å². The third-order valence-corrected chi connectivity index (χ3v) is 6.04. The molecule has 2 aliphatic carbocycles. The minimum atomic E-state index is -0.0727. The fourth-order valence-electron chi connectivity index (χ4n) is 5.01. The first-order chi connectivity index (χ1) is 12.2. The molecule has 2 saturated carbocycles. The van der Waals surface area contributed by atoms with E-state index in [2.05, 4.69) is 27.7 Å². The summed E-state index contributed by atoms with van der Waals surface area (Å²) in [4.78, 5) is 24.6. The van der Waals surface area contributed by atoms with Crippen LogP contribution in [0.25, 0.3) is 0 Å². The van der Waals surface area contributed by atoms with Crippen LogP contribution in [0.5, 0.6) is 0 Å². The zero-order valence-electron chi connectivity index (χ0n) is 17.3. The van der Waals surface area contributed by atoms with Crippen molar-refractivity contribution in [3.63, 3.8) is 0 Å². The van der Waals surface area contributed by atoms with Crippen LogP contribution in [-0.4, -0.2) is 25.2 Å². The summed E-state index contributed by atoms with van der Waals surface area (Å²) >= 11 is 0. The molecular weight excluding hydrogens is 328 g/mol. The summed E-state index contributed by atoms with van der Waals surface area (Å²) in [6.45, 7) is 11.5. The summed E-state index contributed by atoms with van der Waals surface area (Å²) in [6, 6.07) is 0. The number of carbonyl (C=O) groups excluding carboxylic acids is 2. The molecule has 2 rings (SSSR count). The fraction of sp³-hybridized carbons (Fsp3) is 0.909. The van der Waals surface area contributed by atoms with Crippen molar-refractivity contribution in [2.75, 3.05) is 13.2 Å². The van der Waals surface area contributed by atoms with Gasteiger partial charge in [0.05, 0.1) is 25.0 Å². The third-order valence-electron chi connectivity index (χ3n) is 6.04. The van der Waals surface area contributed by atoms with E-state index in [1.165, 1.54) is 12.8 Å². The molecule has 0 aromatic heterocycles.